The van der Waals surface area contributed by atoms with E-state index in [9.17, 15) is 0 Å². The highest BCUT2D eigenvalue weighted by Crippen LogP contribution is 2.32. The van der Waals surface area contributed by atoms with Crippen molar-refractivity contribution in [3.63, 3.8) is 0 Å². The van der Waals surface area contributed by atoms with Crippen LogP contribution in [0.25, 0.3) is 0 Å². The maximum Gasteiger partial charge on any atom is 0.117 e. The molecule has 29 heavy (non-hydrogen) atoms. The van der Waals surface area contributed by atoms with Crippen LogP contribution in [0.1, 0.15) is 11.1 Å². The summed E-state index contributed by atoms with van der Waals surface area (Å²) in [7, 11) is 0. The summed E-state index contributed by atoms with van der Waals surface area (Å²) in [6.45, 7) is 8.52. The van der Waals surface area contributed by atoms with Crippen molar-refractivity contribution >= 4 is 11.5 Å². The highest BCUT2D eigenvalue weighted by molar-refractivity contribution is 5.65. The number of nitrogens with zero attached hydrogens (tertiary/aromatic N) is 4. The molecule has 3 heterocycles. The first-order chi connectivity index (χ1) is 14.3. The maximum atomic E-state index is 2.57. The third-order valence-corrected chi connectivity index (χ3v) is 6.00. The van der Waals surface area contributed by atoms with Crippen molar-refractivity contribution in [2.45, 2.75) is 20.0 Å². The van der Waals surface area contributed by atoms with Gasteiger partial charge < -0.3 is 14.4 Å². The molecule has 0 amide bonds. The standard InChI is InChI=1S/C25H28N4/c1-21-9-11-22(12-10-21)18-26-14-16-27(17-15-26)24-19-28-13-5-8-25(28)29(20-24)23-6-3-2-4-7-23/h2-13,20H,14-19H2,1H3. The van der Waals surface area contributed by atoms with E-state index in [1.807, 2.05) is 0 Å². The highest BCUT2D eigenvalue weighted by atomic mass is 15.3. The Hall–Kier alpha value is -2.98. The predicted octanol–water partition coefficient (Wildman–Crippen LogP) is 4.61. The second-order valence-electron chi connectivity index (χ2n) is 8.07. The van der Waals surface area contributed by atoms with Gasteiger partial charge in [-0.15, -0.1) is 0 Å². The van der Waals surface area contributed by atoms with E-state index in [-0.39, 0.29) is 0 Å². The Bertz CT molecular complexity index is 979. The van der Waals surface area contributed by atoms with Gasteiger partial charge in [0.15, 0.2) is 0 Å². The van der Waals surface area contributed by atoms with Crippen molar-refractivity contribution in [1.29, 1.82) is 0 Å². The molecule has 1 aromatic heterocycles. The lowest BCUT2D eigenvalue weighted by molar-refractivity contribution is 0.148. The third kappa shape index (κ3) is 3.81. The average Bonchev–Trinajstić information content (AvgIpc) is 3.25. The summed E-state index contributed by atoms with van der Waals surface area (Å²) in [5, 5.41) is 0. The molecule has 5 rings (SSSR count). The minimum absolute atomic E-state index is 0.948. The van der Waals surface area contributed by atoms with Gasteiger partial charge in [-0.3, -0.25) is 4.90 Å². The molecule has 0 N–H and O–H groups in total. The number of benzene rings is 2. The largest absolute Gasteiger partial charge is 0.370 e. The minimum Gasteiger partial charge on any atom is -0.370 e. The van der Waals surface area contributed by atoms with Crippen molar-refractivity contribution in [1.82, 2.24) is 14.4 Å². The first kappa shape index (κ1) is 18.1. The van der Waals surface area contributed by atoms with Gasteiger partial charge in [0.1, 0.15) is 5.82 Å². The Morgan fingerprint density at radius 1 is 0.793 bits per heavy atom. The summed E-state index contributed by atoms with van der Waals surface area (Å²) < 4.78 is 2.35. The fraction of sp³-hybridized carbons (Fsp3) is 0.280. The normalized spacial score (nSPS) is 17.2. The van der Waals surface area contributed by atoms with Gasteiger partial charge in [0, 0.05) is 50.8 Å². The van der Waals surface area contributed by atoms with E-state index >= 15 is 0 Å². The number of hydrogen-bond acceptors (Lipinski definition) is 3. The quantitative estimate of drug-likeness (QED) is 0.653. The van der Waals surface area contributed by atoms with Crippen molar-refractivity contribution in [3.05, 3.63) is 96.0 Å². The molecule has 148 valence electrons. The van der Waals surface area contributed by atoms with E-state index in [1.165, 1.54) is 28.3 Å². The third-order valence-electron chi connectivity index (χ3n) is 6.00. The predicted molar refractivity (Wildman–Crippen MR) is 119 cm³/mol. The van der Waals surface area contributed by atoms with Crippen LogP contribution in [0.4, 0.5) is 11.5 Å². The number of para-hydroxylation sites is 1. The second kappa shape index (κ2) is 7.80. The van der Waals surface area contributed by atoms with Crippen molar-refractivity contribution in [2.75, 3.05) is 31.1 Å². The number of rotatable bonds is 4. The SMILES string of the molecule is Cc1ccc(CN2CCN(C3=CN(c4ccccc4)c4cccn4C3)CC2)cc1. The number of aryl methyl sites for hydroxylation is 1. The molecule has 2 aromatic carbocycles. The smallest absolute Gasteiger partial charge is 0.117 e. The number of anilines is 2. The molecule has 3 aromatic rings. The van der Waals surface area contributed by atoms with Gasteiger partial charge in [0.25, 0.3) is 0 Å². The summed E-state index contributed by atoms with van der Waals surface area (Å²) in [5.41, 5.74) is 5.35. The zero-order valence-corrected chi connectivity index (χ0v) is 17.0. The van der Waals surface area contributed by atoms with Crippen LogP contribution >= 0.6 is 0 Å². The van der Waals surface area contributed by atoms with Crippen LogP contribution in [0.2, 0.25) is 0 Å². The van der Waals surface area contributed by atoms with E-state index in [4.69, 9.17) is 0 Å². The molecule has 0 unspecified atom stereocenters. The molecular weight excluding hydrogens is 356 g/mol. The van der Waals surface area contributed by atoms with Crippen molar-refractivity contribution in [2.24, 2.45) is 0 Å². The fourth-order valence-electron chi connectivity index (χ4n) is 4.31. The highest BCUT2D eigenvalue weighted by Gasteiger charge is 2.24. The molecule has 1 fully saturated rings. The van der Waals surface area contributed by atoms with Gasteiger partial charge in [-0.05, 0) is 36.8 Å². The number of aromatic nitrogens is 1. The van der Waals surface area contributed by atoms with Gasteiger partial charge >= 0.3 is 0 Å². The molecule has 1 saturated heterocycles. The molecule has 0 spiro atoms. The Kier molecular flexibility index (Phi) is 4.86. The van der Waals surface area contributed by atoms with Crippen LogP contribution in [0.15, 0.2) is 84.8 Å². The van der Waals surface area contributed by atoms with Crippen molar-refractivity contribution in [3.8, 4) is 0 Å². The molecular formula is C25H28N4. The molecule has 0 atom stereocenters. The zero-order chi connectivity index (χ0) is 19.6. The monoisotopic (exact) mass is 384 g/mol. The van der Waals surface area contributed by atoms with Gasteiger partial charge in [0.2, 0.25) is 0 Å². The van der Waals surface area contributed by atoms with Crippen LogP contribution in [-0.4, -0.2) is 40.5 Å². The molecule has 2 aliphatic rings. The summed E-state index contributed by atoms with van der Waals surface area (Å²) in [6.07, 6.45) is 4.52. The van der Waals surface area contributed by atoms with Crippen LogP contribution in [0.3, 0.4) is 0 Å². The molecule has 4 heteroatoms. The van der Waals surface area contributed by atoms with Crippen LogP contribution < -0.4 is 4.90 Å². The Labute approximate surface area is 173 Å². The van der Waals surface area contributed by atoms with E-state index in [1.54, 1.807) is 0 Å². The first-order valence-corrected chi connectivity index (χ1v) is 10.5. The second-order valence-corrected chi connectivity index (χ2v) is 8.07. The summed E-state index contributed by atoms with van der Waals surface area (Å²) >= 11 is 0. The number of fused-ring (bicyclic) bond motifs is 1. The molecule has 0 saturated carbocycles. The van der Waals surface area contributed by atoms with Gasteiger partial charge in [-0.25, -0.2) is 0 Å². The minimum atomic E-state index is 0.948. The molecule has 0 aliphatic carbocycles. The molecule has 4 nitrogen and oxygen atoms in total. The van der Waals surface area contributed by atoms with E-state index in [0.717, 1.165) is 39.3 Å². The topological polar surface area (TPSA) is 14.7 Å². The van der Waals surface area contributed by atoms with Gasteiger partial charge in [0.05, 0.1) is 12.2 Å². The molecule has 0 bridgehead atoms. The summed E-state index contributed by atoms with van der Waals surface area (Å²) in [6, 6.07) is 23.9. The zero-order valence-electron chi connectivity index (χ0n) is 17.0. The lowest BCUT2D eigenvalue weighted by Gasteiger charge is -2.40. The van der Waals surface area contributed by atoms with Crippen LogP contribution in [0.5, 0.6) is 0 Å². The number of piperazine rings is 1. The molecule has 0 radical (unpaired) electrons. The van der Waals surface area contributed by atoms with Crippen LogP contribution in [0, 0.1) is 6.92 Å². The van der Waals surface area contributed by atoms with Crippen molar-refractivity contribution < 1.29 is 0 Å². The van der Waals surface area contributed by atoms with Gasteiger partial charge in [-0.2, -0.15) is 0 Å². The van der Waals surface area contributed by atoms with E-state index < -0.39 is 0 Å². The number of hydrogen-bond donors (Lipinski definition) is 0. The first-order valence-electron chi connectivity index (χ1n) is 10.5. The van der Waals surface area contributed by atoms with Gasteiger partial charge in [-0.1, -0.05) is 48.0 Å². The van der Waals surface area contributed by atoms with Crippen LogP contribution in [-0.2, 0) is 13.1 Å². The lowest BCUT2D eigenvalue weighted by atomic mass is 10.1. The molecule has 2 aliphatic heterocycles. The number of allylic oxidation sites excluding steroid dienone is 1. The summed E-state index contributed by atoms with van der Waals surface area (Å²) in [4.78, 5) is 7.45. The lowest BCUT2D eigenvalue weighted by Crippen LogP contribution is -2.46. The summed E-state index contributed by atoms with van der Waals surface area (Å²) in [5.74, 6) is 1.23. The maximum absolute atomic E-state index is 2.57. The Morgan fingerprint density at radius 3 is 2.31 bits per heavy atom. The fourth-order valence-corrected chi connectivity index (χ4v) is 4.31. The van der Waals surface area contributed by atoms with E-state index in [2.05, 4.69) is 105 Å². The Balaban J connectivity index is 1.29. The average molecular weight is 385 g/mol. The van der Waals surface area contributed by atoms with E-state index in [0.29, 0.717) is 0 Å². The Morgan fingerprint density at radius 2 is 1.55 bits per heavy atom.